The van der Waals surface area contributed by atoms with Gasteiger partial charge in [0.1, 0.15) is 12.6 Å². The molecule has 0 saturated heterocycles. The molecule has 0 aliphatic carbocycles. The van der Waals surface area contributed by atoms with E-state index in [2.05, 4.69) is 21.2 Å². The molecule has 3 aromatic rings. The average molecular weight is 601 g/mol. The van der Waals surface area contributed by atoms with Crippen molar-refractivity contribution in [3.05, 3.63) is 101 Å². The van der Waals surface area contributed by atoms with Crippen molar-refractivity contribution >= 4 is 43.5 Å². The second-order valence-corrected chi connectivity index (χ2v) is 11.8. The zero-order valence-corrected chi connectivity index (χ0v) is 24.1. The quantitative estimate of drug-likeness (QED) is 0.287. The summed E-state index contributed by atoms with van der Waals surface area (Å²) in [7, 11) is -3.81. The van der Waals surface area contributed by atoms with Gasteiger partial charge in [0.15, 0.2) is 0 Å². The van der Waals surface area contributed by atoms with Gasteiger partial charge in [0.25, 0.3) is 0 Å². The predicted molar refractivity (Wildman–Crippen MR) is 155 cm³/mol. The van der Waals surface area contributed by atoms with Crippen LogP contribution in [0.5, 0.6) is 0 Å². The second kappa shape index (κ2) is 14.1. The monoisotopic (exact) mass is 599 g/mol. The number of carbonyl (C=O) groups is 2. The molecule has 1 atom stereocenters. The number of rotatable bonds is 13. The van der Waals surface area contributed by atoms with Crippen LogP contribution in [-0.2, 0) is 32.6 Å². The summed E-state index contributed by atoms with van der Waals surface area (Å²) in [6, 6.07) is 24.9. The highest BCUT2D eigenvalue weighted by Gasteiger charge is 2.33. The van der Waals surface area contributed by atoms with Gasteiger partial charge in [-0.2, -0.15) is 0 Å². The molecule has 0 fully saturated rings. The van der Waals surface area contributed by atoms with Crippen molar-refractivity contribution in [1.29, 1.82) is 0 Å². The molecule has 0 bridgehead atoms. The Labute approximate surface area is 234 Å². The molecule has 7 nitrogen and oxygen atoms in total. The van der Waals surface area contributed by atoms with Gasteiger partial charge >= 0.3 is 0 Å². The van der Waals surface area contributed by atoms with E-state index in [-0.39, 0.29) is 12.5 Å². The molecule has 0 aliphatic rings. The summed E-state index contributed by atoms with van der Waals surface area (Å²) in [5, 5.41) is 2.98. The minimum absolute atomic E-state index is 0.159. The maximum absolute atomic E-state index is 14.0. The smallest absolute Gasteiger partial charge is 0.244 e. The number of anilines is 1. The van der Waals surface area contributed by atoms with Crippen molar-refractivity contribution in [2.24, 2.45) is 0 Å². The molecule has 38 heavy (non-hydrogen) atoms. The first-order valence-electron chi connectivity index (χ1n) is 12.6. The molecule has 9 heteroatoms. The third kappa shape index (κ3) is 8.43. The van der Waals surface area contributed by atoms with Gasteiger partial charge in [-0.15, -0.1) is 0 Å². The first kappa shape index (κ1) is 29.4. The number of nitrogens with one attached hydrogen (secondary N) is 1. The number of halogens is 1. The fraction of sp³-hybridized carbons (Fsp3) is 0.310. The molecule has 3 rings (SSSR count). The van der Waals surface area contributed by atoms with Crippen LogP contribution in [0.4, 0.5) is 5.69 Å². The fourth-order valence-corrected chi connectivity index (χ4v) is 5.57. The highest BCUT2D eigenvalue weighted by atomic mass is 79.9. The van der Waals surface area contributed by atoms with Gasteiger partial charge in [-0.25, -0.2) is 8.42 Å². The maximum atomic E-state index is 14.0. The summed E-state index contributed by atoms with van der Waals surface area (Å²) in [4.78, 5) is 29.0. The van der Waals surface area contributed by atoms with Crippen LogP contribution >= 0.6 is 15.9 Å². The Balaban J connectivity index is 2.02. The molecular weight excluding hydrogens is 566 g/mol. The molecule has 0 aromatic heterocycles. The first-order valence-corrected chi connectivity index (χ1v) is 15.2. The highest BCUT2D eigenvalue weighted by molar-refractivity contribution is 9.10. The van der Waals surface area contributed by atoms with Crippen molar-refractivity contribution in [2.75, 3.05) is 23.7 Å². The number of hydrogen-bond donors (Lipinski definition) is 1. The Hall–Kier alpha value is -3.17. The van der Waals surface area contributed by atoms with Gasteiger partial charge in [-0.1, -0.05) is 86.1 Å². The zero-order chi connectivity index (χ0) is 27.5. The van der Waals surface area contributed by atoms with Crippen molar-refractivity contribution in [3.8, 4) is 0 Å². The minimum atomic E-state index is -3.81. The Morgan fingerprint density at radius 2 is 1.47 bits per heavy atom. The number of benzene rings is 3. The van der Waals surface area contributed by atoms with Gasteiger partial charge in [0.05, 0.1) is 11.9 Å². The van der Waals surface area contributed by atoms with Crippen molar-refractivity contribution in [2.45, 2.75) is 38.8 Å². The summed E-state index contributed by atoms with van der Waals surface area (Å²) in [6.45, 7) is 2.26. The van der Waals surface area contributed by atoms with E-state index < -0.39 is 28.5 Å². The second-order valence-electron chi connectivity index (χ2n) is 9.08. The predicted octanol–water partition coefficient (Wildman–Crippen LogP) is 4.77. The summed E-state index contributed by atoms with van der Waals surface area (Å²) >= 11 is 3.41. The van der Waals surface area contributed by atoms with E-state index >= 15 is 0 Å². The third-order valence-electron chi connectivity index (χ3n) is 6.10. The Morgan fingerprint density at radius 1 is 0.895 bits per heavy atom. The summed E-state index contributed by atoms with van der Waals surface area (Å²) in [6.07, 6.45) is 3.11. The molecule has 0 heterocycles. The Morgan fingerprint density at radius 3 is 2.05 bits per heavy atom. The summed E-state index contributed by atoms with van der Waals surface area (Å²) in [5.74, 6) is -0.736. The largest absolute Gasteiger partial charge is 0.354 e. The molecule has 2 amide bonds. The number of amides is 2. The Kier molecular flexibility index (Phi) is 10.9. The van der Waals surface area contributed by atoms with Crippen LogP contribution in [0.15, 0.2) is 89.4 Å². The number of carbonyl (C=O) groups excluding carboxylic acids is 2. The molecule has 1 N–H and O–H groups in total. The van der Waals surface area contributed by atoms with Gasteiger partial charge < -0.3 is 10.2 Å². The van der Waals surface area contributed by atoms with E-state index in [1.807, 2.05) is 67.6 Å². The van der Waals surface area contributed by atoms with Crippen molar-refractivity contribution in [3.63, 3.8) is 0 Å². The van der Waals surface area contributed by atoms with Crippen LogP contribution in [0.1, 0.15) is 30.9 Å². The van der Waals surface area contributed by atoms with Gasteiger partial charge in [-0.3, -0.25) is 13.9 Å². The highest BCUT2D eigenvalue weighted by Crippen LogP contribution is 2.28. The van der Waals surface area contributed by atoms with Crippen LogP contribution < -0.4 is 9.62 Å². The van der Waals surface area contributed by atoms with Crippen LogP contribution in [0.25, 0.3) is 0 Å². The van der Waals surface area contributed by atoms with E-state index in [9.17, 15) is 18.0 Å². The standard InChI is InChI=1S/C29H34BrN3O4S/c1-3-4-19-31-29(35)27(20-23-13-7-5-8-14-23)32(21-24-15-9-6-10-16-24)28(34)22-33(38(2,36)37)26-18-12-11-17-25(26)30/h5-18,27H,3-4,19-22H2,1-2H3,(H,31,35)/t27-/m0/s1. The number of hydrogen-bond acceptors (Lipinski definition) is 4. The molecule has 0 spiro atoms. The number of nitrogens with zero attached hydrogens (tertiary/aromatic N) is 2. The van der Waals surface area contributed by atoms with Gasteiger partial charge in [0.2, 0.25) is 21.8 Å². The fourth-order valence-electron chi connectivity index (χ4n) is 4.09. The van der Waals surface area contributed by atoms with Crippen LogP contribution in [0, 0.1) is 0 Å². The van der Waals surface area contributed by atoms with Gasteiger partial charge in [-0.05, 0) is 45.6 Å². The molecule has 0 saturated carbocycles. The van der Waals surface area contributed by atoms with E-state index in [0.29, 0.717) is 23.1 Å². The third-order valence-corrected chi connectivity index (χ3v) is 7.89. The van der Waals surface area contributed by atoms with E-state index in [1.54, 1.807) is 24.3 Å². The molecule has 202 valence electrons. The molecule has 0 unspecified atom stereocenters. The number of sulfonamides is 1. The van der Waals surface area contributed by atoms with Crippen LogP contribution in [-0.4, -0.2) is 50.5 Å². The van der Waals surface area contributed by atoms with E-state index in [0.717, 1.165) is 34.5 Å². The lowest BCUT2D eigenvalue weighted by Gasteiger charge is -2.33. The molecule has 0 aliphatic heterocycles. The lowest BCUT2D eigenvalue weighted by atomic mass is 10.0. The van der Waals surface area contributed by atoms with Crippen molar-refractivity contribution < 1.29 is 18.0 Å². The first-order chi connectivity index (χ1) is 18.2. The number of para-hydroxylation sites is 1. The lowest BCUT2D eigenvalue weighted by Crippen LogP contribution is -2.53. The zero-order valence-electron chi connectivity index (χ0n) is 21.7. The average Bonchev–Trinajstić information content (AvgIpc) is 2.90. The van der Waals surface area contributed by atoms with Crippen molar-refractivity contribution in [1.82, 2.24) is 10.2 Å². The lowest BCUT2D eigenvalue weighted by molar-refractivity contribution is -0.140. The number of unbranched alkanes of at least 4 members (excludes halogenated alkanes) is 1. The SMILES string of the molecule is CCCCNC(=O)[C@H](Cc1ccccc1)N(Cc1ccccc1)C(=O)CN(c1ccccc1Br)S(C)(=O)=O. The minimum Gasteiger partial charge on any atom is -0.354 e. The van der Waals surface area contributed by atoms with Gasteiger partial charge in [0, 0.05) is 24.0 Å². The van der Waals surface area contributed by atoms with Crippen LogP contribution in [0.3, 0.4) is 0 Å². The van der Waals surface area contributed by atoms with E-state index in [1.165, 1.54) is 4.90 Å². The molecule has 3 aromatic carbocycles. The molecular formula is C29H34BrN3O4S. The summed E-state index contributed by atoms with van der Waals surface area (Å²) < 4.78 is 27.3. The molecule has 0 radical (unpaired) electrons. The normalized spacial score (nSPS) is 12.0. The topological polar surface area (TPSA) is 86.8 Å². The van der Waals surface area contributed by atoms with E-state index in [4.69, 9.17) is 0 Å². The summed E-state index contributed by atoms with van der Waals surface area (Å²) in [5.41, 5.74) is 2.10. The maximum Gasteiger partial charge on any atom is 0.244 e. The van der Waals surface area contributed by atoms with Crippen LogP contribution in [0.2, 0.25) is 0 Å². The Bertz CT molecular complexity index is 1300.